The van der Waals surface area contributed by atoms with Gasteiger partial charge in [0.05, 0.1) is 16.9 Å². The molecular formula is C23H24N4O4. The van der Waals surface area contributed by atoms with E-state index in [1.165, 1.54) is 0 Å². The number of carbonyl (C=O) groups is 1. The van der Waals surface area contributed by atoms with E-state index < -0.39 is 0 Å². The maximum Gasteiger partial charge on any atom is 0.258 e. The first-order valence-electron chi connectivity index (χ1n) is 10.5. The SMILES string of the molecule is CC(c1nc2ccccc2c(=O)[nH]1)N1CCC(C(=O)Nc2ccc3c(c2)OCO3)CC1. The number of likely N-dealkylation sites (tertiary alicyclic amines) is 1. The topological polar surface area (TPSA) is 96.6 Å². The van der Waals surface area contributed by atoms with E-state index in [0.29, 0.717) is 33.9 Å². The zero-order valence-electron chi connectivity index (χ0n) is 17.3. The second kappa shape index (κ2) is 8.03. The van der Waals surface area contributed by atoms with Crippen molar-refractivity contribution >= 4 is 22.5 Å². The van der Waals surface area contributed by atoms with Crippen LogP contribution in [0.4, 0.5) is 5.69 Å². The minimum Gasteiger partial charge on any atom is -0.454 e. The van der Waals surface area contributed by atoms with E-state index in [1.807, 2.05) is 31.2 Å². The van der Waals surface area contributed by atoms with Gasteiger partial charge in [0.15, 0.2) is 11.5 Å². The molecule has 2 aliphatic heterocycles. The number of piperidine rings is 1. The third-order valence-corrected chi connectivity index (χ3v) is 6.12. The number of nitrogens with one attached hydrogen (secondary N) is 2. The summed E-state index contributed by atoms with van der Waals surface area (Å²) in [5, 5.41) is 3.59. The summed E-state index contributed by atoms with van der Waals surface area (Å²) in [6.45, 7) is 3.77. The molecule has 1 fully saturated rings. The fourth-order valence-corrected chi connectivity index (χ4v) is 4.24. The molecule has 2 aromatic carbocycles. The average molecular weight is 420 g/mol. The van der Waals surface area contributed by atoms with Crippen LogP contribution in [0.15, 0.2) is 47.3 Å². The Bertz CT molecular complexity index is 1180. The van der Waals surface area contributed by atoms with Crippen LogP contribution in [0, 0.1) is 5.92 Å². The van der Waals surface area contributed by atoms with Crippen molar-refractivity contribution in [3.05, 3.63) is 58.6 Å². The summed E-state index contributed by atoms with van der Waals surface area (Å²) in [4.78, 5) is 35.0. The predicted octanol–water partition coefficient (Wildman–Crippen LogP) is 3.06. The zero-order chi connectivity index (χ0) is 21.4. The van der Waals surface area contributed by atoms with Crippen molar-refractivity contribution in [2.75, 3.05) is 25.2 Å². The molecule has 0 radical (unpaired) electrons. The van der Waals surface area contributed by atoms with Crippen LogP contribution < -0.4 is 20.3 Å². The van der Waals surface area contributed by atoms with E-state index >= 15 is 0 Å². The lowest BCUT2D eigenvalue weighted by Gasteiger charge is -2.35. The monoisotopic (exact) mass is 420 g/mol. The molecule has 8 heteroatoms. The van der Waals surface area contributed by atoms with Crippen LogP contribution >= 0.6 is 0 Å². The molecule has 3 aromatic rings. The second-order valence-electron chi connectivity index (χ2n) is 8.01. The number of aromatic amines is 1. The summed E-state index contributed by atoms with van der Waals surface area (Å²) < 4.78 is 10.7. The zero-order valence-corrected chi connectivity index (χ0v) is 17.3. The van der Waals surface area contributed by atoms with Gasteiger partial charge in [-0.15, -0.1) is 0 Å². The van der Waals surface area contributed by atoms with Gasteiger partial charge in [-0.25, -0.2) is 4.98 Å². The quantitative estimate of drug-likeness (QED) is 0.673. The van der Waals surface area contributed by atoms with Crippen molar-refractivity contribution in [1.82, 2.24) is 14.9 Å². The van der Waals surface area contributed by atoms with Crippen molar-refractivity contribution in [2.45, 2.75) is 25.8 Å². The molecule has 0 spiro atoms. The number of rotatable bonds is 4. The van der Waals surface area contributed by atoms with E-state index in [0.717, 1.165) is 25.9 Å². The van der Waals surface area contributed by atoms with Crippen LogP contribution in [0.25, 0.3) is 10.9 Å². The molecule has 5 rings (SSSR count). The summed E-state index contributed by atoms with van der Waals surface area (Å²) in [6, 6.07) is 12.7. The summed E-state index contributed by atoms with van der Waals surface area (Å²) >= 11 is 0. The van der Waals surface area contributed by atoms with Gasteiger partial charge < -0.3 is 19.8 Å². The fourth-order valence-electron chi connectivity index (χ4n) is 4.24. The normalized spacial score (nSPS) is 17.6. The molecule has 1 saturated heterocycles. The molecule has 0 aliphatic carbocycles. The average Bonchev–Trinajstić information content (AvgIpc) is 3.26. The van der Waals surface area contributed by atoms with Crippen molar-refractivity contribution in [3.8, 4) is 11.5 Å². The standard InChI is InChI=1S/C23H24N4O4/c1-14(21-25-18-5-3-2-4-17(18)23(29)26-21)27-10-8-15(9-11-27)22(28)24-16-6-7-19-20(12-16)31-13-30-19/h2-7,12,14-15H,8-11,13H2,1H3,(H,24,28)(H,25,26,29). The number of anilines is 1. The van der Waals surface area contributed by atoms with E-state index in [4.69, 9.17) is 9.47 Å². The summed E-state index contributed by atoms with van der Waals surface area (Å²) in [5.74, 6) is 1.96. The van der Waals surface area contributed by atoms with E-state index in [2.05, 4.69) is 20.2 Å². The first-order chi connectivity index (χ1) is 15.1. The fraction of sp³-hybridized carbons (Fsp3) is 0.348. The predicted molar refractivity (Wildman–Crippen MR) is 116 cm³/mol. The van der Waals surface area contributed by atoms with Crippen molar-refractivity contribution in [3.63, 3.8) is 0 Å². The third kappa shape index (κ3) is 3.86. The molecule has 1 aromatic heterocycles. The van der Waals surface area contributed by atoms with Crippen LogP contribution in [0.2, 0.25) is 0 Å². The number of benzene rings is 2. The smallest absolute Gasteiger partial charge is 0.258 e. The summed E-state index contributed by atoms with van der Waals surface area (Å²) in [7, 11) is 0. The van der Waals surface area contributed by atoms with Crippen LogP contribution in [-0.4, -0.2) is 40.7 Å². The lowest BCUT2D eigenvalue weighted by molar-refractivity contribution is -0.121. The minimum atomic E-state index is -0.120. The largest absolute Gasteiger partial charge is 0.454 e. The number of fused-ring (bicyclic) bond motifs is 2. The molecule has 1 unspecified atom stereocenters. The van der Waals surface area contributed by atoms with Gasteiger partial charge in [-0.05, 0) is 57.1 Å². The highest BCUT2D eigenvalue weighted by Gasteiger charge is 2.29. The van der Waals surface area contributed by atoms with Crippen LogP contribution in [0.5, 0.6) is 11.5 Å². The maximum atomic E-state index is 12.7. The van der Waals surface area contributed by atoms with Gasteiger partial charge in [-0.1, -0.05) is 12.1 Å². The van der Waals surface area contributed by atoms with Gasteiger partial charge in [-0.2, -0.15) is 0 Å². The number of H-pyrrole nitrogens is 1. The van der Waals surface area contributed by atoms with E-state index in [9.17, 15) is 9.59 Å². The van der Waals surface area contributed by atoms with Crippen molar-refractivity contribution < 1.29 is 14.3 Å². The molecule has 2 aliphatic rings. The maximum absolute atomic E-state index is 12.7. The van der Waals surface area contributed by atoms with Crippen molar-refractivity contribution in [2.24, 2.45) is 5.92 Å². The Hall–Kier alpha value is -3.39. The Kier molecular flexibility index (Phi) is 5.07. The summed E-state index contributed by atoms with van der Waals surface area (Å²) in [6.07, 6.45) is 1.50. The lowest BCUT2D eigenvalue weighted by atomic mass is 9.94. The highest BCUT2D eigenvalue weighted by Crippen LogP contribution is 2.34. The van der Waals surface area contributed by atoms with Gasteiger partial charge in [-0.3, -0.25) is 14.5 Å². The Morgan fingerprint density at radius 2 is 1.94 bits per heavy atom. The number of aromatic nitrogens is 2. The highest BCUT2D eigenvalue weighted by atomic mass is 16.7. The molecule has 1 atom stereocenters. The molecule has 0 saturated carbocycles. The molecule has 8 nitrogen and oxygen atoms in total. The number of hydrogen-bond donors (Lipinski definition) is 2. The van der Waals surface area contributed by atoms with E-state index in [1.54, 1.807) is 18.2 Å². The minimum absolute atomic E-state index is 0.0170. The number of carbonyl (C=O) groups excluding carboxylic acids is 1. The third-order valence-electron chi connectivity index (χ3n) is 6.12. The van der Waals surface area contributed by atoms with Gasteiger partial charge in [0.1, 0.15) is 5.82 Å². The second-order valence-corrected chi connectivity index (χ2v) is 8.01. The van der Waals surface area contributed by atoms with Crippen molar-refractivity contribution in [1.29, 1.82) is 0 Å². The molecule has 2 N–H and O–H groups in total. The Morgan fingerprint density at radius 3 is 2.77 bits per heavy atom. The van der Waals surface area contributed by atoms with Crippen LogP contribution in [-0.2, 0) is 4.79 Å². The van der Waals surface area contributed by atoms with Gasteiger partial charge in [0.25, 0.3) is 5.56 Å². The molecule has 0 bridgehead atoms. The Morgan fingerprint density at radius 1 is 1.16 bits per heavy atom. The lowest BCUT2D eigenvalue weighted by Crippen LogP contribution is -2.40. The van der Waals surface area contributed by atoms with Crippen LogP contribution in [0.1, 0.15) is 31.6 Å². The number of para-hydroxylation sites is 1. The van der Waals surface area contributed by atoms with E-state index in [-0.39, 0.29) is 30.2 Å². The first-order valence-corrected chi connectivity index (χ1v) is 10.5. The molecule has 31 heavy (non-hydrogen) atoms. The number of amides is 1. The number of ether oxygens (including phenoxy) is 2. The van der Waals surface area contributed by atoms with Crippen LogP contribution in [0.3, 0.4) is 0 Å². The Balaban J connectivity index is 1.22. The number of hydrogen-bond acceptors (Lipinski definition) is 6. The van der Waals surface area contributed by atoms with Gasteiger partial charge >= 0.3 is 0 Å². The Labute approximate surface area is 179 Å². The molecule has 1 amide bonds. The summed E-state index contributed by atoms with van der Waals surface area (Å²) in [5.41, 5.74) is 1.29. The number of nitrogens with zero attached hydrogens (tertiary/aromatic N) is 2. The molecule has 3 heterocycles. The van der Waals surface area contributed by atoms with Gasteiger partial charge in [0, 0.05) is 17.7 Å². The highest BCUT2D eigenvalue weighted by molar-refractivity contribution is 5.93. The molecule has 160 valence electrons. The first kappa shape index (κ1) is 19.6. The van der Waals surface area contributed by atoms with Gasteiger partial charge in [0.2, 0.25) is 12.7 Å². The molecular weight excluding hydrogens is 396 g/mol.